The van der Waals surface area contributed by atoms with Crippen LogP contribution in [0.4, 0.5) is 0 Å². The highest BCUT2D eigenvalue weighted by molar-refractivity contribution is 6.31. The van der Waals surface area contributed by atoms with Crippen molar-refractivity contribution in [3.63, 3.8) is 0 Å². The molecule has 1 aromatic carbocycles. The van der Waals surface area contributed by atoms with Crippen molar-refractivity contribution in [1.82, 2.24) is 4.98 Å². The highest BCUT2D eigenvalue weighted by atomic mass is 35.5. The number of hydrogen-bond donors (Lipinski definition) is 0. The van der Waals surface area contributed by atoms with Crippen molar-refractivity contribution in [1.29, 1.82) is 0 Å². The van der Waals surface area contributed by atoms with Crippen molar-refractivity contribution in [2.45, 2.75) is 13.8 Å². The lowest BCUT2D eigenvalue weighted by atomic mass is 10.1. The summed E-state index contributed by atoms with van der Waals surface area (Å²) < 4.78 is 5.27. The van der Waals surface area contributed by atoms with Gasteiger partial charge in [-0.2, -0.15) is 0 Å². The lowest BCUT2D eigenvalue weighted by Crippen LogP contribution is -1.92. The van der Waals surface area contributed by atoms with Crippen LogP contribution in [0.5, 0.6) is 5.75 Å². The summed E-state index contributed by atoms with van der Waals surface area (Å²) in [6.07, 6.45) is 0. The Kier molecular flexibility index (Phi) is 2.53. The van der Waals surface area contributed by atoms with Crippen LogP contribution in [0.25, 0.3) is 10.9 Å². The molecule has 0 aliphatic heterocycles. The van der Waals surface area contributed by atoms with Crippen LogP contribution in [0.2, 0.25) is 5.02 Å². The molecular formula is C12H12ClNO. The van der Waals surface area contributed by atoms with E-state index >= 15 is 0 Å². The van der Waals surface area contributed by atoms with Crippen LogP contribution in [0.15, 0.2) is 18.2 Å². The number of benzene rings is 1. The average molecular weight is 222 g/mol. The third-order valence-corrected chi connectivity index (χ3v) is 2.62. The maximum atomic E-state index is 6.01. The zero-order valence-corrected chi connectivity index (χ0v) is 9.72. The predicted molar refractivity (Wildman–Crippen MR) is 62.8 cm³/mol. The smallest absolute Gasteiger partial charge is 0.146 e. The number of ether oxygens (including phenoxy) is 1. The summed E-state index contributed by atoms with van der Waals surface area (Å²) in [5, 5.41) is 1.72. The third kappa shape index (κ3) is 1.77. The van der Waals surface area contributed by atoms with E-state index in [0.29, 0.717) is 5.02 Å². The lowest BCUT2D eigenvalue weighted by molar-refractivity contribution is 0.419. The Hall–Kier alpha value is -1.28. The Labute approximate surface area is 93.8 Å². The molecule has 0 amide bonds. The lowest BCUT2D eigenvalue weighted by Gasteiger charge is -2.08. The first-order chi connectivity index (χ1) is 7.11. The number of halogens is 1. The van der Waals surface area contributed by atoms with Gasteiger partial charge in [0.1, 0.15) is 11.3 Å². The SMILES string of the molecule is COc1cc(Cl)cc2c(C)cc(C)nc12. The van der Waals surface area contributed by atoms with Crippen LogP contribution in [0, 0.1) is 13.8 Å². The molecule has 0 spiro atoms. The van der Waals surface area contributed by atoms with Crippen LogP contribution in [0.1, 0.15) is 11.3 Å². The van der Waals surface area contributed by atoms with Gasteiger partial charge in [0.05, 0.1) is 7.11 Å². The molecular weight excluding hydrogens is 210 g/mol. The van der Waals surface area contributed by atoms with E-state index in [1.807, 2.05) is 26.0 Å². The molecule has 15 heavy (non-hydrogen) atoms. The second-order valence-corrected chi connectivity index (χ2v) is 4.02. The molecule has 0 radical (unpaired) electrons. The van der Waals surface area contributed by atoms with Crippen molar-refractivity contribution in [2.75, 3.05) is 7.11 Å². The zero-order valence-electron chi connectivity index (χ0n) is 8.97. The molecule has 0 saturated carbocycles. The summed E-state index contributed by atoms with van der Waals surface area (Å²) in [7, 11) is 1.63. The maximum Gasteiger partial charge on any atom is 0.146 e. The van der Waals surface area contributed by atoms with E-state index in [9.17, 15) is 0 Å². The number of rotatable bonds is 1. The molecule has 0 atom stereocenters. The number of methoxy groups -OCH3 is 1. The van der Waals surface area contributed by atoms with Gasteiger partial charge < -0.3 is 4.74 Å². The fourth-order valence-corrected chi connectivity index (χ4v) is 1.95. The summed E-state index contributed by atoms with van der Waals surface area (Å²) in [5.74, 6) is 0.726. The Bertz CT molecular complexity index is 523. The van der Waals surface area contributed by atoms with Gasteiger partial charge in [-0.1, -0.05) is 11.6 Å². The molecule has 3 heteroatoms. The van der Waals surface area contributed by atoms with Crippen LogP contribution >= 0.6 is 11.6 Å². The van der Waals surface area contributed by atoms with Crippen LogP contribution in [0.3, 0.4) is 0 Å². The van der Waals surface area contributed by atoms with E-state index < -0.39 is 0 Å². The number of hydrogen-bond acceptors (Lipinski definition) is 2. The number of pyridine rings is 1. The maximum absolute atomic E-state index is 6.01. The van der Waals surface area contributed by atoms with Crippen LogP contribution < -0.4 is 4.74 Å². The van der Waals surface area contributed by atoms with Gasteiger partial charge in [-0.05, 0) is 31.5 Å². The van der Waals surface area contributed by atoms with Gasteiger partial charge >= 0.3 is 0 Å². The molecule has 0 N–H and O–H groups in total. The van der Waals surface area contributed by atoms with Crippen molar-refractivity contribution in [3.8, 4) is 5.75 Å². The summed E-state index contributed by atoms with van der Waals surface area (Å²) >= 11 is 6.01. The Morgan fingerprint density at radius 3 is 2.60 bits per heavy atom. The first-order valence-corrected chi connectivity index (χ1v) is 5.11. The van der Waals surface area contributed by atoms with Gasteiger partial charge in [0, 0.05) is 22.2 Å². The second kappa shape index (κ2) is 3.70. The fraction of sp³-hybridized carbons (Fsp3) is 0.250. The minimum atomic E-state index is 0.674. The van der Waals surface area contributed by atoms with E-state index in [4.69, 9.17) is 16.3 Å². The van der Waals surface area contributed by atoms with Gasteiger partial charge in [0.15, 0.2) is 0 Å². The second-order valence-electron chi connectivity index (χ2n) is 3.58. The summed E-state index contributed by atoms with van der Waals surface area (Å²) in [5.41, 5.74) is 3.03. The first kappa shape index (κ1) is 10.2. The number of aryl methyl sites for hydroxylation is 2. The van der Waals surface area contributed by atoms with Crippen molar-refractivity contribution in [2.24, 2.45) is 0 Å². The van der Waals surface area contributed by atoms with Gasteiger partial charge in [0.25, 0.3) is 0 Å². The van der Waals surface area contributed by atoms with Gasteiger partial charge in [-0.3, -0.25) is 0 Å². The topological polar surface area (TPSA) is 22.1 Å². The number of fused-ring (bicyclic) bond motifs is 1. The first-order valence-electron chi connectivity index (χ1n) is 4.73. The normalized spacial score (nSPS) is 10.7. The molecule has 0 saturated heterocycles. The molecule has 0 bridgehead atoms. The standard InChI is InChI=1S/C12H12ClNO/c1-7-4-8(2)14-12-10(7)5-9(13)6-11(12)15-3/h4-6H,1-3H3. The Balaban J connectivity index is 2.89. The van der Waals surface area contributed by atoms with Crippen molar-refractivity contribution in [3.05, 3.63) is 34.5 Å². The highest BCUT2D eigenvalue weighted by Gasteiger charge is 2.07. The summed E-state index contributed by atoms with van der Waals surface area (Å²) in [6, 6.07) is 5.75. The Morgan fingerprint density at radius 1 is 1.20 bits per heavy atom. The van der Waals surface area contributed by atoms with Gasteiger partial charge in [-0.25, -0.2) is 4.98 Å². The molecule has 1 heterocycles. The van der Waals surface area contributed by atoms with Gasteiger partial charge in [0.2, 0.25) is 0 Å². The third-order valence-electron chi connectivity index (χ3n) is 2.40. The van der Waals surface area contributed by atoms with E-state index in [2.05, 4.69) is 4.98 Å². The van der Waals surface area contributed by atoms with Gasteiger partial charge in [-0.15, -0.1) is 0 Å². The number of aromatic nitrogens is 1. The fourth-order valence-electron chi connectivity index (χ4n) is 1.75. The van der Waals surface area contributed by atoms with Crippen molar-refractivity contribution < 1.29 is 4.74 Å². The largest absolute Gasteiger partial charge is 0.494 e. The minimum Gasteiger partial charge on any atom is -0.494 e. The van der Waals surface area contributed by atoms with E-state index in [1.165, 1.54) is 5.56 Å². The summed E-state index contributed by atoms with van der Waals surface area (Å²) in [6.45, 7) is 4.02. The monoisotopic (exact) mass is 221 g/mol. The van der Waals surface area contributed by atoms with Crippen LogP contribution in [-0.2, 0) is 0 Å². The molecule has 1 aromatic heterocycles. The molecule has 78 valence electrons. The van der Waals surface area contributed by atoms with Crippen LogP contribution in [-0.4, -0.2) is 12.1 Å². The molecule has 0 aliphatic carbocycles. The predicted octanol–water partition coefficient (Wildman–Crippen LogP) is 3.51. The highest BCUT2D eigenvalue weighted by Crippen LogP contribution is 2.30. The molecule has 0 fully saturated rings. The average Bonchev–Trinajstić information content (AvgIpc) is 2.18. The molecule has 2 aromatic rings. The van der Waals surface area contributed by atoms with Crippen molar-refractivity contribution >= 4 is 22.5 Å². The summed E-state index contributed by atoms with van der Waals surface area (Å²) in [4.78, 5) is 4.46. The molecule has 0 aliphatic rings. The Morgan fingerprint density at radius 2 is 1.93 bits per heavy atom. The number of nitrogens with zero attached hydrogens (tertiary/aromatic N) is 1. The quantitative estimate of drug-likeness (QED) is 0.735. The van der Waals surface area contributed by atoms with E-state index in [1.54, 1.807) is 13.2 Å². The molecule has 2 nitrogen and oxygen atoms in total. The molecule has 2 rings (SSSR count). The van der Waals surface area contributed by atoms with E-state index in [0.717, 1.165) is 22.3 Å². The zero-order chi connectivity index (χ0) is 11.0. The van der Waals surface area contributed by atoms with E-state index in [-0.39, 0.29) is 0 Å². The minimum absolute atomic E-state index is 0.674. The molecule has 0 unspecified atom stereocenters.